The molecule has 0 spiro atoms. The van der Waals surface area contributed by atoms with Gasteiger partial charge < -0.3 is 15.0 Å². The molecule has 0 radical (unpaired) electrons. The van der Waals surface area contributed by atoms with E-state index >= 15 is 0 Å². The van der Waals surface area contributed by atoms with Crippen molar-refractivity contribution in [3.05, 3.63) is 29.8 Å². The number of H-pyrrole nitrogens is 1. The zero-order valence-electron chi connectivity index (χ0n) is 15.4. The monoisotopic (exact) mass is 370 g/mol. The first-order chi connectivity index (χ1) is 13.3. The molecule has 1 aromatic carbocycles. The highest BCUT2D eigenvalue weighted by Crippen LogP contribution is 2.27. The number of rotatable bonds is 7. The molecule has 2 aromatic rings. The fourth-order valence-corrected chi connectivity index (χ4v) is 3.66. The lowest BCUT2D eigenvalue weighted by Gasteiger charge is -2.33. The lowest BCUT2D eigenvalue weighted by molar-refractivity contribution is 0.0720. The Labute approximate surface area is 158 Å². The highest BCUT2D eigenvalue weighted by molar-refractivity contribution is 5.74. The van der Waals surface area contributed by atoms with Crippen LogP contribution >= 0.6 is 0 Å². The minimum absolute atomic E-state index is 0.0117. The van der Waals surface area contributed by atoms with E-state index in [2.05, 4.69) is 25.9 Å². The van der Waals surface area contributed by atoms with Crippen molar-refractivity contribution in [1.82, 2.24) is 30.8 Å². The van der Waals surface area contributed by atoms with Gasteiger partial charge in [-0.25, -0.2) is 4.79 Å². The Kier molecular flexibility index (Phi) is 5.62. The van der Waals surface area contributed by atoms with Gasteiger partial charge in [0.15, 0.2) is 0 Å². The van der Waals surface area contributed by atoms with Crippen molar-refractivity contribution >= 4 is 6.03 Å². The predicted octanol–water partition coefficient (Wildman–Crippen LogP) is 2.36. The number of carbonyl (C=O) groups is 1. The molecular weight excluding hydrogens is 344 g/mol. The first kappa shape index (κ1) is 17.9. The van der Waals surface area contributed by atoms with Gasteiger partial charge in [-0.05, 0) is 48.4 Å². The van der Waals surface area contributed by atoms with Gasteiger partial charge in [0.2, 0.25) is 5.82 Å². The average molecular weight is 370 g/mol. The van der Waals surface area contributed by atoms with Crippen LogP contribution in [0.4, 0.5) is 4.79 Å². The van der Waals surface area contributed by atoms with Gasteiger partial charge in [-0.3, -0.25) is 0 Å². The third-order valence-corrected chi connectivity index (χ3v) is 5.41. The quantitative estimate of drug-likeness (QED) is 0.780. The molecule has 0 bridgehead atoms. The van der Waals surface area contributed by atoms with Crippen molar-refractivity contribution < 1.29 is 9.53 Å². The third kappa shape index (κ3) is 4.63. The standard InChI is InChI=1S/C19H26N6O2/c26-19(25(12-14-4-1-5-14)13-17-8-3-9-27-17)20-11-15-6-2-7-16(10-15)18-21-23-24-22-18/h2,6-7,10,14,17H,1,3-5,8-9,11-13H2,(H,20,26)(H,21,22,23,24). The molecule has 2 heterocycles. The van der Waals surface area contributed by atoms with Gasteiger partial charge in [-0.2, -0.15) is 5.21 Å². The molecule has 2 fully saturated rings. The maximum absolute atomic E-state index is 12.8. The number of hydrogen-bond acceptors (Lipinski definition) is 5. The summed E-state index contributed by atoms with van der Waals surface area (Å²) >= 11 is 0. The zero-order chi connectivity index (χ0) is 18.5. The highest BCUT2D eigenvalue weighted by Gasteiger charge is 2.27. The summed E-state index contributed by atoms with van der Waals surface area (Å²) < 4.78 is 5.74. The fourth-order valence-electron chi connectivity index (χ4n) is 3.66. The second-order valence-electron chi connectivity index (χ2n) is 7.43. The van der Waals surface area contributed by atoms with Gasteiger partial charge in [0.1, 0.15) is 0 Å². The maximum atomic E-state index is 12.8. The summed E-state index contributed by atoms with van der Waals surface area (Å²) in [4.78, 5) is 14.8. The third-order valence-electron chi connectivity index (χ3n) is 5.41. The fraction of sp³-hybridized carbons (Fsp3) is 0.579. The SMILES string of the molecule is O=C(NCc1cccc(-c2nn[nH]n2)c1)N(CC1CCC1)CC1CCCO1. The van der Waals surface area contributed by atoms with E-state index in [4.69, 9.17) is 4.74 Å². The Morgan fingerprint density at radius 2 is 2.19 bits per heavy atom. The number of aromatic nitrogens is 4. The zero-order valence-corrected chi connectivity index (χ0v) is 15.4. The van der Waals surface area contributed by atoms with Crippen molar-refractivity contribution in [1.29, 1.82) is 0 Å². The minimum Gasteiger partial charge on any atom is -0.376 e. The Bertz CT molecular complexity index is 740. The molecular formula is C19H26N6O2. The molecule has 1 aromatic heterocycles. The van der Waals surface area contributed by atoms with Gasteiger partial charge in [0.25, 0.3) is 0 Å². The van der Waals surface area contributed by atoms with Crippen molar-refractivity contribution in [2.45, 2.75) is 44.8 Å². The molecule has 2 amide bonds. The molecule has 8 heteroatoms. The molecule has 4 rings (SSSR count). The number of hydrogen-bond donors (Lipinski definition) is 2. The first-order valence-electron chi connectivity index (χ1n) is 9.75. The van der Waals surface area contributed by atoms with E-state index in [-0.39, 0.29) is 12.1 Å². The van der Waals surface area contributed by atoms with Gasteiger partial charge in [0.05, 0.1) is 6.10 Å². The van der Waals surface area contributed by atoms with E-state index < -0.39 is 0 Å². The molecule has 1 saturated heterocycles. The second-order valence-corrected chi connectivity index (χ2v) is 7.43. The average Bonchev–Trinajstić information content (AvgIpc) is 3.35. The molecule has 1 saturated carbocycles. The van der Waals surface area contributed by atoms with E-state index in [9.17, 15) is 4.79 Å². The summed E-state index contributed by atoms with van der Waals surface area (Å²) in [5, 5.41) is 17.1. The number of ether oxygens (including phenoxy) is 1. The number of benzene rings is 1. The molecule has 1 aliphatic carbocycles. The Morgan fingerprint density at radius 1 is 1.26 bits per heavy atom. The van der Waals surface area contributed by atoms with Gasteiger partial charge in [-0.1, -0.05) is 24.6 Å². The molecule has 2 aliphatic rings. The Hall–Kier alpha value is -2.48. The van der Waals surface area contributed by atoms with Crippen molar-refractivity contribution in [3.63, 3.8) is 0 Å². The van der Waals surface area contributed by atoms with Crippen LogP contribution in [0.5, 0.6) is 0 Å². The van der Waals surface area contributed by atoms with Crippen LogP contribution in [0.1, 0.15) is 37.7 Å². The molecule has 1 unspecified atom stereocenters. The number of carbonyl (C=O) groups excluding carboxylic acids is 1. The van der Waals surface area contributed by atoms with Crippen molar-refractivity contribution in [2.75, 3.05) is 19.7 Å². The van der Waals surface area contributed by atoms with Crippen LogP contribution in [0.25, 0.3) is 11.4 Å². The Balaban J connectivity index is 1.36. The normalized spacial score (nSPS) is 19.6. The molecule has 144 valence electrons. The summed E-state index contributed by atoms with van der Waals surface area (Å²) in [6, 6.07) is 7.81. The molecule has 8 nitrogen and oxygen atoms in total. The van der Waals surface area contributed by atoms with E-state index in [1.54, 1.807) is 0 Å². The summed E-state index contributed by atoms with van der Waals surface area (Å²) in [6.45, 7) is 2.80. The number of nitrogens with zero attached hydrogens (tertiary/aromatic N) is 4. The number of tetrazole rings is 1. The van der Waals surface area contributed by atoms with Crippen molar-refractivity contribution in [3.8, 4) is 11.4 Å². The van der Waals surface area contributed by atoms with Crippen LogP contribution in [0, 0.1) is 5.92 Å². The largest absolute Gasteiger partial charge is 0.376 e. The molecule has 1 aliphatic heterocycles. The van der Waals surface area contributed by atoms with Crippen LogP contribution in [0.2, 0.25) is 0 Å². The summed E-state index contributed by atoms with van der Waals surface area (Å²) in [5.74, 6) is 1.19. The summed E-state index contributed by atoms with van der Waals surface area (Å²) in [6.07, 6.45) is 6.04. The van der Waals surface area contributed by atoms with Crippen LogP contribution in [-0.4, -0.2) is 57.4 Å². The number of urea groups is 1. The van der Waals surface area contributed by atoms with E-state index in [1.165, 1.54) is 19.3 Å². The maximum Gasteiger partial charge on any atom is 0.317 e. The molecule has 1 atom stereocenters. The molecule has 27 heavy (non-hydrogen) atoms. The Morgan fingerprint density at radius 3 is 2.89 bits per heavy atom. The van der Waals surface area contributed by atoms with Crippen LogP contribution in [0.3, 0.4) is 0 Å². The lowest BCUT2D eigenvalue weighted by Crippen LogP contribution is -2.46. The number of amides is 2. The van der Waals surface area contributed by atoms with Crippen molar-refractivity contribution in [2.24, 2.45) is 5.92 Å². The first-order valence-corrected chi connectivity index (χ1v) is 9.75. The van der Waals surface area contributed by atoms with E-state index in [0.29, 0.717) is 24.8 Å². The van der Waals surface area contributed by atoms with Gasteiger partial charge >= 0.3 is 6.03 Å². The van der Waals surface area contributed by atoms with Gasteiger partial charge in [0, 0.05) is 31.8 Å². The predicted molar refractivity (Wildman–Crippen MR) is 99.7 cm³/mol. The van der Waals surface area contributed by atoms with Crippen LogP contribution in [-0.2, 0) is 11.3 Å². The smallest absolute Gasteiger partial charge is 0.317 e. The van der Waals surface area contributed by atoms with E-state index in [1.807, 2.05) is 29.2 Å². The number of aromatic amines is 1. The summed E-state index contributed by atoms with van der Waals surface area (Å²) in [7, 11) is 0. The van der Waals surface area contributed by atoms with E-state index in [0.717, 1.165) is 37.1 Å². The van der Waals surface area contributed by atoms with Crippen LogP contribution < -0.4 is 5.32 Å². The summed E-state index contributed by atoms with van der Waals surface area (Å²) in [5.41, 5.74) is 1.88. The molecule has 2 N–H and O–H groups in total. The highest BCUT2D eigenvalue weighted by atomic mass is 16.5. The van der Waals surface area contributed by atoms with Gasteiger partial charge in [-0.15, -0.1) is 10.2 Å². The second kappa shape index (κ2) is 8.47. The number of nitrogens with one attached hydrogen (secondary N) is 2. The van der Waals surface area contributed by atoms with Crippen LogP contribution in [0.15, 0.2) is 24.3 Å². The minimum atomic E-state index is -0.0117. The lowest BCUT2D eigenvalue weighted by atomic mass is 9.85. The topological polar surface area (TPSA) is 96.0 Å².